The molecule has 5 heteroatoms. The van der Waals surface area contributed by atoms with Crippen LogP contribution in [-0.4, -0.2) is 16.6 Å². The summed E-state index contributed by atoms with van der Waals surface area (Å²) in [5, 5.41) is 0.367. The van der Waals surface area contributed by atoms with Crippen LogP contribution in [0.4, 0.5) is 0 Å². The predicted octanol–water partition coefficient (Wildman–Crippen LogP) is 9.84. The molecule has 1 heterocycles. The van der Waals surface area contributed by atoms with E-state index in [-0.39, 0.29) is 22.3 Å². The van der Waals surface area contributed by atoms with Crippen LogP contribution in [0.1, 0.15) is 88.8 Å². The van der Waals surface area contributed by atoms with Crippen molar-refractivity contribution in [3.05, 3.63) is 77.3 Å². The molecule has 196 valence electrons. The Labute approximate surface area is 238 Å². The van der Waals surface area contributed by atoms with Gasteiger partial charge in [0.15, 0.2) is 0 Å². The van der Waals surface area contributed by atoms with Crippen molar-refractivity contribution in [1.29, 1.82) is 0 Å². The molecular formula is C32H44O2Si2Zr. The maximum atomic E-state index is 7.30. The van der Waals surface area contributed by atoms with Gasteiger partial charge in [0.1, 0.15) is 0 Å². The van der Waals surface area contributed by atoms with Crippen molar-refractivity contribution in [3.63, 3.8) is 0 Å². The van der Waals surface area contributed by atoms with E-state index in [0.29, 0.717) is 0 Å². The molecule has 0 unspecified atom stereocenters. The Hall–Kier alpha value is -0.843. The van der Waals surface area contributed by atoms with Crippen molar-refractivity contribution in [2.24, 2.45) is 0 Å². The van der Waals surface area contributed by atoms with E-state index in [0.717, 1.165) is 12.8 Å². The van der Waals surface area contributed by atoms with Crippen LogP contribution < -0.4 is 0 Å². The molecule has 3 aliphatic rings. The summed E-state index contributed by atoms with van der Waals surface area (Å²) in [4.78, 5) is 0. The van der Waals surface area contributed by atoms with Gasteiger partial charge < -0.3 is 0 Å². The Kier molecular flexibility index (Phi) is 7.02. The number of hydrogen-bond donors (Lipinski definition) is 0. The number of fused-ring (bicyclic) bond motifs is 4. The average Bonchev–Trinajstić information content (AvgIpc) is 3.14. The van der Waals surface area contributed by atoms with Gasteiger partial charge in [-0.2, -0.15) is 0 Å². The van der Waals surface area contributed by atoms with Gasteiger partial charge in [0.05, 0.1) is 0 Å². The third-order valence-electron chi connectivity index (χ3n) is 9.64. The fourth-order valence-corrected chi connectivity index (χ4v) is 12.7. The van der Waals surface area contributed by atoms with Crippen LogP contribution in [0.25, 0.3) is 11.1 Å². The first kappa shape index (κ1) is 27.7. The first-order valence-corrected chi connectivity index (χ1v) is 22.2. The molecule has 2 nitrogen and oxygen atoms in total. The van der Waals surface area contributed by atoms with Crippen molar-refractivity contribution in [1.82, 2.24) is 0 Å². The summed E-state index contributed by atoms with van der Waals surface area (Å²) < 4.78 is 17.9. The quantitative estimate of drug-likeness (QED) is 0.322. The molecule has 0 bridgehead atoms. The van der Waals surface area contributed by atoms with Gasteiger partial charge in [0, 0.05) is 0 Å². The van der Waals surface area contributed by atoms with Crippen molar-refractivity contribution in [2.75, 3.05) is 0 Å². The fourth-order valence-electron chi connectivity index (χ4n) is 5.32. The number of allylic oxidation sites excluding steroid dienone is 2. The molecule has 0 saturated heterocycles. The van der Waals surface area contributed by atoms with E-state index < -0.39 is 39.9 Å². The Morgan fingerprint density at radius 1 is 0.622 bits per heavy atom. The third kappa shape index (κ3) is 4.76. The van der Waals surface area contributed by atoms with Gasteiger partial charge in [-0.15, -0.1) is 0 Å². The molecule has 37 heavy (non-hydrogen) atoms. The zero-order valence-electron chi connectivity index (χ0n) is 24.5. The molecule has 2 aromatic carbocycles. The maximum absolute atomic E-state index is 7.30. The first-order valence-electron chi connectivity index (χ1n) is 13.9. The molecule has 5 rings (SSSR count). The first-order chi connectivity index (χ1) is 17.1. The SMILES string of the molecule is CC(C)(C)[Si](C)(C)O[C@@H]1[C]2=C(CCC3=[C]([Zr]2)[C@H](O[Si](C)(C)C(C)(C)C)c2ccccc23)c2ccccc21. The van der Waals surface area contributed by atoms with Crippen molar-refractivity contribution >= 4 is 27.8 Å². The van der Waals surface area contributed by atoms with E-state index in [1.807, 2.05) is 0 Å². The molecule has 0 N–H and O–H groups in total. The topological polar surface area (TPSA) is 18.5 Å². The van der Waals surface area contributed by atoms with Crippen LogP contribution >= 0.6 is 0 Å². The summed E-state index contributed by atoms with van der Waals surface area (Å²) in [5.41, 5.74) is 8.95. The Morgan fingerprint density at radius 3 is 1.32 bits per heavy atom. The van der Waals surface area contributed by atoms with Crippen LogP contribution in [0.5, 0.6) is 0 Å². The second kappa shape index (κ2) is 9.37. The van der Waals surface area contributed by atoms with Gasteiger partial charge in [-0.05, 0) is 0 Å². The van der Waals surface area contributed by atoms with Crippen molar-refractivity contribution in [3.8, 4) is 0 Å². The van der Waals surface area contributed by atoms with E-state index in [9.17, 15) is 0 Å². The summed E-state index contributed by atoms with van der Waals surface area (Å²) in [5.74, 6) is 0. The molecular weight excluding hydrogens is 564 g/mol. The minimum absolute atomic E-state index is 0.128. The minimum atomic E-state index is -1.96. The van der Waals surface area contributed by atoms with E-state index in [4.69, 9.17) is 8.85 Å². The Balaban J connectivity index is 1.59. The van der Waals surface area contributed by atoms with Crippen LogP contribution in [0, 0.1) is 0 Å². The molecule has 2 aromatic rings. The van der Waals surface area contributed by atoms with Gasteiger partial charge in [0.25, 0.3) is 0 Å². The normalized spacial score (nSPS) is 21.8. The zero-order chi connectivity index (χ0) is 27.0. The fraction of sp³-hybridized carbons (Fsp3) is 0.500. The summed E-state index contributed by atoms with van der Waals surface area (Å²) >= 11 is -1.15. The monoisotopic (exact) mass is 606 g/mol. The summed E-state index contributed by atoms with van der Waals surface area (Å²) in [6, 6.07) is 18.2. The van der Waals surface area contributed by atoms with Gasteiger partial charge in [-0.25, -0.2) is 0 Å². The predicted molar refractivity (Wildman–Crippen MR) is 158 cm³/mol. The second-order valence-electron chi connectivity index (χ2n) is 14.1. The van der Waals surface area contributed by atoms with E-state index in [1.54, 1.807) is 17.7 Å². The number of rotatable bonds is 4. The van der Waals surface area contributed by atoms with E-state index in [1.165, 1.54) is 22.3 Å². The summed E-state index contributed by atoms with van der Waals surface area (Å²) in [6.07, 6.45) is 2.49. The molecule has 0 spiro atoms. The van der Waals surface area contributed by atoms with Crippen LogP contribution in [0.2, 0.25) is 36.3 Å². The van der Waals surface area contributed by atoms with Gasteiger partial charge >= 0.3 is 240 Å². The average molecular weight is 608 g/mol. The van der Waals surface area contributed by atoms with E-state index >= 15 is 0 Å². The molecule has 0 saturated carbocycles. The van der Waals surface area contributed by atoms with Crippen LogP contribution in [0.3, 0.4) is 0 Å². The molecule has 2 aliphatic carbocycles. The van der Waals surface area contributed by atoms with Gasteiger partial charge in [0.2, 0.25) is 0 Å². The summed E-state index contributed by atoms with van der Waals surface area (Å²) in [6.45, 7) is 23.8. The van der Waals surface area contributed by atoms with Crippen molar-refractivity contribution in [2.45, 2.75) is 103 Å². The number of benzene rings is 2. The molecule has 1 aliphatic heterocycles. The van der Waals surface area contributed by atoms with Crippen molar-refractivity contribution < 1.29 is 32.1 Å². The van der Waals surface area contributed by atoms with Gasteiger partial charge in [-0.1, -0.05) is 0 Å². The second-order valence-corrected chi connectivity index (χ2v) is 26.9. The molecule has 0 aromatic heterocycles. The van der Waals surface area contributed by atoms with Crippen LogP contribution in [0.15, 0.2) is 55.1 Å². The standard InChI is InChI=1S/C32H44O2Si2.Zr/c1-31(2,3)35(7,8)33-29-21-23(25-15-11-13-17-27(25)29)19-20-24-22-30(28-18-14-12-16-26(24)28)34-36(9,10)32(4,5)6;/h11-18,29-30H,19-20H2,1-10H3;/t29-,30+;. The van der Waals surface area contributed by atoms with E-state index in [2.05, 4.69) is 116 Å². The molecule has 2 atom stereocenters. The van der Waals surface area contributed by atoms with Gasteiger partial charge in [-0.3, -0.25) is 0 Å². The Bertz CT molecular complexity index is 1190. The Morgan fingerprint density at radius 2 is 0.973 bits per heavy atom. The summed E-state index contributed by atoms with van der Waals surface area (Å²) in [7, 11) is -3.91. The number of hydrogen-bond acceptors (Lipinski definition) is 2. The molecule has 0 amide bonds. The zero-order valence-corrected chi connectivity index (χ0v) is 29.0. The van der Waals surface area contributed by atoms with Crippen LogP contribution in [-0.2, 0) is 32.1 Å². The molecule has 0 radical (unpaired) electrons. The third-order valence-corrected chi connectivity index (χ3v) is 22.6. The molecule has 0 fully saturated rings.